The number of unbranched alkanes of at least 4 members (excludes halogenated alkanes) is 8. The van der Waals surface area contributed by atoms with E-state index in [-0.39, 0.29) is 25.3 Å². The van der Waals surface area contributed by atoms with Gasteiger partial charge >= 0.3 is 5.97 Å². The molecule has 5 heteroatoms. The molecule has 0 aromatic heterocycles. The van der Waals surface area contributed by atoms with Crippen molar-refractivity contribution in [2.24, 2.45) is 0 Å². The Morgan fingerprint density at radius 1 is 0.923 bits per heavy atom. The van der Waals surface area contributed by atoms with E-state index in [4.69, 9.17) is 14.9 Å². The molecule has 154 valence electrons. The highest BCUT2D eigenvalue weighted by Crippen LogP contribution is 2.10. The van der Waals surface area contributed by atoms with Gasteiger partial charge in [0, 0.05) is 6.42 Å². The number of hydrogen-bond acceptors (Lipinski definition) is 5. The Hall–Kier alpha value is -0.910. The van der Waals surface area contributed by atoms with E-state index in [1.165, 1.54) is 19.3 Å². The second-order valence-electron chi connectivity index (χ2n) is 7.04. The second-order valence-corrected chi connectivity index (χ2v) is 7.04. The number of hydrogen-bond donors (Lipinski definition) is 3. The zero-order valence-electron chi connectivity index (χ0n) is 16.6. The van der Waals surface area contributed by atoms with Gasteiger partial charge in [-0.2, -0.15) is 0 Å². The SMILES string of the molecule is CCCCCC[C@@H](O)C/C=C/CCCCCCCC(=O)OCC(O)CO. The lowest BCUT2D eigenvalue weighted by Crippen LogP contribution is -2.21. The number of ether oxygens (including phenoxy) is 1. The van der Waals surface area contributed by atoms with E-state index in [0.717, 1.165) is 57.8 Å². The first-order valence-corrected chi connectivity index (χ1v) is 10.4. The first-order valence-electron chi connectivity index (χ1n) is 10.4. The molecule has 3 N–H and O–H groups in total. The summed E-state index contributed by atoms with van der Waals surface area (Å²) in [4.78, 5) is 11.4. The molecule has 0 aromatic rings. The van der Waals surface area contributed by atoms with E-state index < -0.39 is 6.10 Å². The maximum absolute atomic E-state index is 11.4. The summed E-state index contributed by atoms with van der Waals surface area (Å²) in [5.41, 5.74) is 0. The highest BCUT2D eigenvalue weighted by atomic mass is 16.5. The molecule has 0 amide bonds. The highest BCUT2D eigenvalue weighted by Gasteiger charge is 2.07. The Balaban J connectivity index is 3.36. The van der Waals surface area contributed by atoms with E-state index >= 15 is 0 Å². The molecule has 0 spiro atoms. The van der Waals surface area contributed by atoms with Crippen LogP contribution < -0.4 is 0 Å². The molecule has 0 aromatic carbocycles. The maximum atomic E-state index is 11.4. The summed E-state index contributed by atoms with van der Waals surface area (Å²) in [5, 5.41) is 27.6. The second kappa shape index (κ2) is 18.9. The van der Waals surface area contributed by atoms with E-state index in [1.54, 1.807) is 0 Å². The molecule has 0 heterocycles. The molecule has 0 rings (SSSR count). The molecule has 2 atom stereocenters. The van der Waals surface area contributed by atoms with Gasteiger partial charge in [0.2, 0.25) is 0 Å². The zero-order valence-corrected chi connectivity index (χ0v) is 16.6. The van der Waals surface area contributed by atoms with Crippen LogP contribution in [0, 0.1) is 0 Å². The number of rotatable bonds is 18. The van der Waals surface area contributed by atoms with E-state index in [9.17, 15) is 9.90 Å². The molecule has 0 saturated carbocycles. The summed E-state index contributed by atoms with van der Waals surface area (Å²) in [6, 6.07) is 0. The van der Waals surface area contributed by atoms with Gasteiger partial charge in [0.25, 0.3) is 0 Å². The minimum Gasteiger partial charge on any atom is -0.463 e. The molecule has 0 aliphatic carbocycles. The lowest BCUT2D eigenvalue weighted by atomic mass is 10.1. The van der Waals surface area contributed by atoms with Crippen molar-refractivity contribution >= 4 is 5.97 Å². The van der Waals surface area contributed by atoms with Crippen molar-refractivity contribution in [2.45, 2.75) is 103 Å². The molecule has 0 fully saturated rings. The van der Waals surface area contributed by atoms with Crippen LogP contribution in [0.4, 0.5) is 0 Å². The van der Waals surface area contributed by atoms with Crippen molar-refractivity contribution in [3.05, 3.63) is 12.2 Å². The van der Waals surface area contributed by atoms with Gasteiger partial charge in [0.05, 0.1) is 12.7 Å². The van der Waals surface area contributed by atoms with Crippen LogP contribution in [0.2, 0.25) is 0 Å². The lowest BCUT2D eigenvalue weighted by molar-refractivity contribution is -0.147. The molecular formula is C21H40O5. The molecule has 1 unspecified atom stereocenters. The minimum absolute atomic E-state index is 0.130. The van der Waals surface area contributed by atoms with E-state index in [0.29, 0.717) is 6.42 Å². The van der Waals surface area contributed by atoms with Crippen molar-refractivity contribution in [3.8, 4) is 0 Å². The number of aliphatic hydroxyl groups excluding tert-OH is 3. The normalized spacial score (nSPS) is 13.8. The van der Waals surface area contributed by atoms with Gasteiger partial charge in [-0.3, -0.25) is 4.79 Å². The van der Waals surface area contributed by atoms with Crippen molar-refractivity contribution in [1.29, 1.82) is 0 Å². The molecule has 0 saturated heterocycles. The van der Waals surface area contributed by atoms with Crippen molar-refractivity contribution < 1.29 is 24.9 Å². The van der Waals surface area contributed by atoms with Gasteiger partial charge in [-0.1, -0.05) is 64.0 Å². The number of carbonyl (C=O) groups is 1. The van der Waals surface area contributed by atoms with Crippen molar-refractivity contribution in [2.75, 3.05) is 13.2 Å². The summed E-state index contributed by atoms with van der Waals surface area (Å²) in [7, 11) is 0. The summed E-state index contributed by atoms with van der Waals surface area (Å²) in [6.07, 6.45) is 16.2. The lowest BCUT2D eigenvalue weighted by Gasteiger charge is -2.08. The van der Waals surface area contributed by atoms with Gasteiger partial charge in [0.15, 0.2) is 0 Å². The number of allylic oxidation sites excluding steroid dienone is 1. The van der Waals surface area contributed by atoms with Gasteiger partial charge in [-0.25, -0.2) is 0 Å². The average molecular weight is 373 g/mol. The molecule has 0 radical (unpaired) electrons. The van der Waals surface area contributed by atoms with Gasteiger partial charge < -0.3 is 20.1 Å². The molecule has 0 aliphatic heterocycles. The van der Waals surface area contributed by atoms with E-state index in [2.05, 4.69) is 19.1 Å². The van der Waals surface area contributed by atoms with Gasteiger partial charge in [-0.15, -0.1) is 0 Å². The smallest absolute Gasteiger partial charge is 0.305 e. The molecule has 0 aliphatic rings. The van der Waals surface area contributed by atoms with Crippen LogP contribution in [-0.2, 0) is 9.53 Å². The Bertz CT molecular complexity index is 343. The molecule has 5 nitrogen and oxygen atoms in total. The van der Waals surface area contributed by atoms with Crippen molar-refractivity contribution in [3.63, 3.8) is 0 Å². The predicted molar refractivity (Wildman–Crippen MR) is 105 cm³/mol. The van der Waals surface area contributed by atoms with Crippen LogP contribution in [0.25, 0.3) is 0 Å². The molecular weight excluding hydrogens is 332 g/mol. The Kier molecular flexibility index (Phi) is 18.2. The highest BCUT2D eigenvalue weighted by molar-refractivity contribution is 5.69. The van der Waals surface area contributed by atoms with Crippen LogP contribution in [-0.4, -0.2) is 46.7 Å². The number of aliphatic hydroxyl groups is 3. The summed E-state index contributed by atoms with van der Waals surface area (Å²) in [6.45, 7) is 1.68. The fraction of sp³-hybridized carbons (Fsp3) is 0.857. The third-order valence-corrected chi connectivity index (χ3v) is 4.36. The third kappa shape index (κ3) is 17.9. The van der Waals surface area contributed by atoms with Gasteiger partial charge in [0.1, 0.15) is 12.7 Å². The molecule has 26 heavy (non-hydrogen) atoms. The first kappa shape index (κ1) is 25.1. The van der Waals surface area contributed by atoms with Crippen LogP contribution in [0.3, 0.4) is 0 Å². The van der Waals surface area contributed by atoms with Crippen LogP contribution in [0.15, 0.2) is 12.2 Å². The van der Waals surface area contributed by atoms with E-state index in [1.807, 2.05) is 0 Å². The standard InChI is InChI=1S/C21H40O5/c1-2-3-4-11-14-19(23)15-12-9-7-5-6-8-10-13-16-21(25)26-18-20(24)17-22/h9,12,19-20,22-24H,2-8,10-11,13-18H2,1H3/b12-9+/t19-,20?/m1/s1. The Morgan fingerprint density at radius 3 is 2.35 bits per heavy atom. The Labute approximate surface area is 159 Å². The number of carbonyl (C=O) groups excluding carboxylic acids is 1. The van der Waals surface area contributed by atoms with Crippen LogP contribution >= 0.6 is 0 Å². The monoisotopic (exact) mass is 372 g/mol. The average Bonchev–Trinajstić information content (AvgIpc) is 2.64. The van der Waals surface area contributed by atoms with Crippen LogP contribution in [0.1, 0.15) is 90.4 Å². The third-order valence-electron chi connectivity index (χ3n) is 4.36. The fourth-order valence-electron chi connectivity index (χ4n) is 2.67. The topological polar surface area (TPSA) is 87.0 Å². The van der Waals surface area contributed by atoms with Gasteiger partial charge in [-0.05, 0) is 32.1 Å². The summed E-state index contributed by atoms with van der Waals surface area (Å²) < 4.78 is 4.84. The largest absolute Gasteiger partial charge is 0.463 e. The summed E-state index contributed by atoms with van der Waals surface area (Å²) >= 11 is 0. The van der Waals surface area contributed by atoms with Crippen LogP contribution in [0.5, 0.6) is 0 Å². The zero-order chi connectivity index (χ0) is 19.5. The summed E-state index contributed by atoms with van der Waals surface area (Å²) in [5.74, 6) is -0.311. The fourth-order valence-corrected chi connectivity index (χ4v) is 2.67. The minimum atomic E-state index is -0.978. The molecule has 0 bridgehead atoms. The quantitative estimate of drug-likeness (QED) is 0.193. The predicted octanol–water partition coefficient (Wildman–Crippen LogP) is 3.89. The van der Waals surface area contributed by atoms with Crippen molar-refractivity contribution in [1.82, 2.24) is 0 Å². The Morgan fingerprint density at radius 2 is 1.62 bits per heavy atom. The number of esters is 1. The maximum Gasteiger partial charge on any atom is 0.305 e. The first-order chi connectivity index (χ1) is 12.6.